The van der Waals surface area contributed by atoms with Crippen LogP contribution in [-0.4, -0.2) is 33.7 Å². The summed E-state index contributed by atoms with van der Waals surface area (Å²) in [6, 6.07) is 4.62. The van der Waals surface area contributed by atoms with Crippen LogP contribution in [0.2, 0.25) is 0 Å². The van der Waals surface area contributed by atoms with Gasteiger partial charge in [0, 0.05) is 36.3 Å². The molecule has 0 saturated carbocycles. The molecule has 1 unspecified atom stereocenters. The maximum atomic E-state index is 12.6. The predicted molar refractivity (Wildman–Crippen MR) is 92.1 cm³/mol. The second kappa shape index (κ2) is 6.30. The Bertz CT molecular complexity index is 654. The number of rotatable bonds is 4. The molecule has 24 heavy (non-hydrogen) atoms. The van der Waals surface area contributed by atoms with E-state index in [1.54, 1.807) is 17.9 Å². The van der Waals surface area contributed by atoms with Crippen molar-refractivity contribution in [1.29, 1.82) is 0 Å². The fraction of sp³-hybridized carbons (Fsp3) is 0.588. The van der Waals surface area contributed by atoms with Crippen LogP contribution in [0.25, 0.3) is 0 Å². The monoisotopic (exact) mass is 335 g/mol. The topological polar surface area (TPSA) is 84.7 Å². The summed E-state index contributed by atoms with van der Waals surface area (Å²) in [5, 5.41) is 14.1. The Morgan fingerprint density at radius 2 is 2.12 bits per heavy atom. The summed E-state index contributed by atoms with van der Waals surface area (Å²) >= 11 is 0. The molecule has 0 spiro atoms. The number of ether oxygens (including phenoxy) is 1. The van der Waals surface area contributed by atoms with Crippen molar-refractivity contribution < 1.29 is 14.5 Å². The van der Waals surface area contributed by atoms with Crippen LogP contribution in [0, 0.1) is 10.1 Å². The standard InChI is InChI=1S/C17H25N3O4/c1-6-9-19(16(2,3)4)15(21)24-17(5)11-12-10-13(20(22)23)7-8-14(12)18-17/h7-8,10,18H,6,9,11H2,1-5H3. The number of benzene rings is 1. The third kappa shape index (κ3) is 3.77. The molecule has 0 radical (unpaired) electrons. The van der Waals surface area contributed by atoms with Gasteiger partial charge in [-0.2, -0.15) is 0 Å². The Kier molecular flexibility index (Phi) is 4.73. The van der Waals surface area contributed by atoms with Crippen LogP contribution in [0.5, 0.6) is 0 Å². The van der Waals surface area contributed by atoms with Crippen molar-refractivity contribution >= 4 is 17.5 Å². The number of hydrogen-bond donors (Lipinski definition) is 1. The van der Waals surface area contributed by atoms with E-state index in [1.807, 2.05) is 27.7 Å². The number of carbonyl (C=O) groups is 1. The molecule has 1 aliphatic heterocycles. The second-order valence-electron chi connectivity index (χ2n) is 7.32. The van der Waals surface area contributed by atoms with Gasteiger partial charge in [0.15, 0.2) is 5.72 Å². The number of anilines is 1. The first kappa shape index (κ1) is 18.0. The lowest BCUT2D eigenvalue weighted by Crippen LogP contribution is -2.50. The molecule has 1 heterocycles. The molecule has 1 atom stereocenters. The largest absolute Gasteiger partial charge is 0.423 e. The average molecular weight is 335 g/mol. The lowest BCUT2D eigenvalue weighted by Gasteiger charge is -2.37. The number of nitrogens with zero attached hydrogens (tertiary/aromatic N) is 2. The molecule has 1 aliphatic rings. The summed E-state index contributed by atoms with van der Waals surface area (Å²) in [5.41, 5.74) is 0.318. The first-order valence-corrected chi connectivity index (χ1v) is 8.12. The summed E-state index contributed by atoms with van der Waals surface area (Å²) < 4.78 is 5.73. The van der Waals surface area contributed by atoms with Crippen LogP contribution in [0.4, 0.5) is 16.2 Å². The minimum atomic E-state index is -0.911. The zero-order valence-electron chi connectivity index (χ0n) is 14.9. The lowest BCUT2D eigenvalue weighted by atomic mass is 10.1. The summed E-state index contributed by atoms with van der Waals surface area (Å²) in [7, 11) is 0. The van der Waals surface area contributed by atoms with Crippen molar-refractivity contribution in [3.8, 4) is 0 Å². The molecule has 132 valence electrons. The minimum Gasteiger partial charge on any atom is -0.423 e. The minimum absolute atomic E-state index is 0.0356. The van der Waals surface area contributed by atoms with E-state index >= 15 is 0 Å². The van der Waals surface area contributed by atoms with Crippen molar-refractivity contribution in [1.82, 2.24) is 4.90 Å². The Balaban J connectivity index is 2.15. The molecular weight excluding hydrogens is 310 g/mol. The van der Waals surface area contributed by atoms with Crippen molar-refractivity contribution in [2.75, 3.05) is 11.9 Å². The molecule has 0 saturated heterocycles. The Morgan fingerprint density at radius 1 is 1.46 bits per heavy atom. The number of nitro benzene ring substituents is 1. The van der Waals surface area contributed by atoms with Gasteiger partial charge in [-0.1, -0.05) is 6.92 Å². The summed E-state index contributed by atoms with van der Waals surface area (Å²) in [5.74, 6) is 0. The molecule has 7 nitrogen and oxygen atoms in total. The van der Waals surface area contributed by atoms with E-state index in [0.717, 1.165) is 17.7 Å². The van der Waals surface area contributed by atoms with Crippen LogP contribution in [0.3, 0.4) is 0 Å². The molecule has 0 bridgehead atoms. The number of amides is 1. The third-order valence-electron chi connectivity index (χ3n) is 4.02. The smallest absolute Gasteiger partial charge is 0.412 e. The summed E-state index contributed by atoms with van der Waals surface area (Å²) in [6.07, 6.45) is 0.838. The van der Waals surface area contributed by atoms with Crippen LogP contribution in [0.15, 0.2) is 18.2 Å². The van der Waals surface area contributed by atoms with Gasteiger partial charge in [0.1, 0.15) is 0 Å². The SMILES string of the molecule is CCCN(C(=O)OC1(C)Cc2cc([N+](=O)[O-])ccc2N1)C(C)(C)C. The molecule has 1 amide bonds. The fourth-order valence-electron chi connectivity index (χ4n) is 2.89. The molecule has 0 aromatic heterocycles. The van der Waals surface area contributed by atoms with Crippen LogP contribution in [0.1, 0.15) is 46.6 Å². The zero-order chi connectivity index (χ0) is 18.1. The van der Waals surface area contributed by atoms with Gasteiger partial charge in [0.05, 0.1) is 4.92 Å². The Labute approximate surface area is 142 Å². The van der Waals surface area contributed by atoms with E-state index in [-0.39, 0.29) is 17.3 Å². The second-order valence-corrected chi connectivity index (χ2v) is 7.32. The van der Waals surface area contributed by atoms with E-state index in [1.165, 1.54) is 12.1 Å². The van der Waals surface area contributed by atoms with E-state index < -0.39 is 10.6 Å². The number of hydrogen-bond acceptors (Lipinski definition) is 5. The molecule has 1 aromatic rings. The highest BCUT2D eigenvalue weighted by atomic mass is 16.6. The van der Waals surface area contributed by atoms with Gasteiger partial charge in [-0.25, -0.2) is 4.79 Å². The van der Waals surface area contributed by atoms with Gasteiger partial charge >= 0.3 is 6.09 Å². The molecule has 0 aliphatic carbocycles. The molecular formula is C17H25N3O4. The van der Waals surface area contributed by atoms with Gasteiger partial charge in [-0.15, -0.1) is 0 Å². The Hall–Kier alpha value is -2.31. The van der Waals surface area contributed by atoms with Crippen LogP contribution >= 0.6 is 0 Å². The number of carbonyl (C=O) groups excluding carboxylic acids is 1. The van der Waals surface area contributed by atoms with E-state index in [4.69, 9.17) is 4.74 Å². The van der Waals surface area contributed by atoms with Crippen LogP contribution in [-0.2, 0) is 11.2 Å². The highest BCUT2D eigenvalue weighted by Gasteiger charge is 2.39. The Morgan fingerprint density at radius 3 is 2.67 bits per heavy atom. The maximum absolute atomic E-state index is 12.6. The molecule has 1 aromatic carbocycles. The normalized spacial score (nSPS) is 19.4. The van der Waals surface area contributed by atoms with Crippen molar-refractivity contribution in [2.45, 2.75) is 58.7 Å². The number of nitro groups is 1. The zero-order valence-corrected chi connectivity index (χ0v) is 14.9. The van der Waals surface area contributed by atoms with Gasteiger partial charge in [-0.05, 0) is 45.7 Å². The van der Waals surface area contributed by atoms with E-state index in [9.17, 15) is 14.9 Å². The van der Waals surface area contributed by atoms with Crippen molar-refractivity contribution in [3.05, 3.63) is 33.9 Å². The first-order chi connectivity index (χ1) is 11.1. The summed E-state index contributed by atoms with van der Waals surface area (Å²) in [6.45, 7) is 10.3. The highest BCUT2D eigenvalue weighted by molar-refractivity contribution is 5.71. The number of non-ortho nitro benzene ring substituents is 1. The van der Waals surface area contributed by atoms with Gasteiger partial charge in [0.25, 0.3) is 5.69 Å². The van der Waals surface area contributed by atoms with Crippen molar-refractivity contribution in [2.24, 2.45) is 0 Å². The van der Waals surface area contributed by atoms with Crippen molar-refractivity contribution in [3.63, 3.8) is 0 Å². The number of nitrogens with one attached hydrogen (secondary N) is 1. The number of fused-ring (bicyclic) bond motifs is 1. The van der Waals surface area contributed by atoms with Gasteiger partial charge < -0.3 is 15.0 Å². The fourth-order valence-corrected chi connectivity index (χ4v) is 2.89. The predicted octanol–water partition coefficient (Wildman–Crippen LogP) is 3.93. The molecule has 2 rings (SSSR count). The lowest BCUT2D eigenvalue weighted by molar-refractivity contribution is -0.384. The third-order valence-corrected chi connectivity index (χ3v) is 4.02. The van der Waals surface area contributed by atoms with Gasteiger partial charge in [0.2, 0.25) is 0 Å². The van der Waals surface area contributed by atoms with Crippen LogP contribution < -0.4 is 5.32 Å². The van der Waals surface area contributed by atoms with Gasteiger partial charge in [-0.3, -0.25) is 10.1 Å². The average Bonchev–Trinajstić information content (AvgIpc) is 2.77. The molecule has 1 N–H and O–H groups in total. The quantitative estimate of drug-likeness (QED) is 0.666. The summed E-state index contributed by atoms with van der Waals surface area (Å²) in [4.78, 5) is 24.8. The highest BCUT2D eigenvalue weighted by Crippen LogP contribution is 2.36. The van der Waals surface area contributed by atoms with E-state index in [2.05, 4.69) is 5.32 Å². The van der Waals surface area contributed by atoms with E-state index in [0.29, 0.717) is 13.0 Å². The molecule has 7 heteroatoms. The molecule has 0 fully saturated rings. The maximum Gasteiger partial charge on any atom is 0.412 e. The first-order valence-electron chi connectivity index (χ1n) is 8.12.